The van der Waals surface area contributed by atoms with Crippen molar-refractivity contribution in [3.05, 3.63) is 53.8 Å². The summed E-state index contributed by atoms with van der Waals surface area (Å²) in [6, 6.07) is 10.6. The zero-order valence-corrected chi connectivity index (χ0v) is 15.3. The fraction of sp³-hybridized carbons (Fsp3) is 0.211. The number of pyridine rings is 1. The van der Waals surface area contributed by atoms with Crippen LogP contribution < -0.4 is 10.6 Å². The van der Waals surface area contributed by atoms with Gasteiger partial charge in [-0.15, -0.1) is 0 Å². The van der Waals surface area contributed by atoms with Crippen molar-refractivity contribution in [1.82, 2.24) is 15.0 Å². The molecule has 0 saturated heterocycles. The van der Waals surface area contributed by atoms with Gasteiger partial charge < -0.3 is 15.7 Å². The second-order valence-corrected chi connectivity index (χ2v) is 6.37. The van der Waals surface area contributed by atoms with E-state index in [1.807, 2.05) is 18.2 Å². The van der Waals surface area contributed by atoms with Crippen molar-refractivity contribution in [2.24, 2.45) is 0 Å². The van der Waals surface area contributed by atoms with E-state index in [1.165, 1.54) is 6.07 Å². The maximum absolute atomic E-state index is 10.0. The fourth-order valence-electron chi connectivity index (χ4n) is 2.32. The Morgan fingerprint density at radius 2 is 1.88 bits per heavy atom. The van der Waals surface area contributed by atoms with Crippen molar-refractivity contribution in [3.8, 4) is 17.0 Å². The third kappa shape index (κ3) is 4.40. The van der Waals surface area contributed by atoms with Gasteiger partial charge in [-0.25, -0.2) is 4.98 Å². The minimum absolute atomic E-state index is 0.0925. The summed E-state index contributed by atoms with van der Waals surface area (Å²) in [6.45, 7) is 4.16. The number of nitrogens with zero attached hydrogens (tertiary/aromatic N) is 3. The Morgan fingerprint density at radius 1 is 1.12 bits per heavy atom. The van der Waals surface area contributed by atoms with Gasteiger partial charge in [0.05, 0.1) is 11.4 Å². The van der Waals surface area contributed by atoms with Crippen LogP contribution in [0.1, 0.15) is 20.3 Å². The van der Waals surface area contributed by atoms with Crippen LogP contribution in [0.15, 0.2) is 48.8 Å². The van der Waals surface area contributed by atoms with Crippen LogP contribution >= 0.6 is 11.6 Å². The van der Waals surface area contributed by atoms with Crippen LogP contribution in [-0.2, 0) is 0 Å². The summed E-state index contributed by atoms with van der Waals surface area (Å²) in [4.78, 5) is 13.1. The number of phenolic OH excluding ortho intramolecular Hbond substituents is 1. The molecule has 3 N–H and O–H groups in total. The first kappa shape index (κ1) is 17.9. The fourth-order valence-corrected chi connectivity index (χ4v) is 2.49. The van der Waals surface area contributed by atoms with Gasteiger partial charge in [0.2, 0.25) is 5.95 Å². The Balaban J connectivity index is 2.00. The summed E-state index contributed by atoms with van der Waals surface area (Å²) in [7, 11) is 0. The van der Waals surface area contributed by atoms with Crippen LogP contribution in [0.2, 0.25) is 5.02 Å². The molecule has 3 aromatic rings. The number of rotatable bonds is 6. The molecule has 0 aliphatic heterocycles. The quantitative estimate of drug-likeness (QED) is 0.538. The molecule has 0 unspecified atom stereocenters. The first-order valence-electron chi connectivity index (χ1n) is 8.36. The van der Waals surface area contributed by atoms with Crippen molar-refractivity contribution in [3.63, 3.8) is 0 Å². The molecule has 0 radical (unpaired) electrons. The first-order valence-corrected chi connectivity index (χ1v) is 8.74. The monoisotopic (exact) mass is 369 g/mol. The highest BCUT2D eigenvalue weighted by molar-refractivity contribution is 6.30. The molecule has 3 rings (SSSR count). The number of halogens is 1. The van der Waals surface area contributed by atoms with Crippen LogP contribution in [0.25, 0.3) is 11.3 Å². The Kier molecular flexibility index (Phi) is 5.53. The predicted molar refractivity (Wildman–Crippen MR) is 105 cm³/mol. The van der Waals surface area contributed by atoms with E-state index >= 15 is 0 Å². The molecule has 2 heterocycles. The molecule has 0 bridgehead atoms. The Bertz CT molecular complexity index is 888. The predicted octanol–water partition coefficient (Wildman–Crippen LogP) is 4.85. The largest absolute Gasteiger partial charge is 0.506 e. The van der Waals surface area contributed by atoms with Crippen molar-refractivity contribution in [1.29, 1.82) is 0 Å². The van der Waals surface area contributed by atoms with Gasteiger partial charge in [-0.2, -0.15) is 4.98 Å². The van der Waals surface area contributed by atoms with Crippen LogP contribution in [0.5, 0.6) is 5.75 Å². The van der Waals surface area contributed by atoms with E-state index in [9.17, 15) is 5.11 Å². The molecular weight excluding hydrogens is 350 g/mol. The van der Waals surface area contributed by atoms with Crippen LogP contribution in [0.4, 0.5) is 17.5 Å². The van der Waals surface area contributed by atoms with Crippen molar-refractivity contribution < 1.29 is 5.11 Å². The maximum Gasteiger partial charge on any atom is 0.225 e. The molecule has 7 heteroatoms. The van der Waals surface area contributed by atoms with Gasteiger partial charge >= 0.3 is 0 Å². The number of nitrogens with one attached hydrogen (secondary N) is 2. The van der Waals surface area contributed by atoms with E-state index in [0.717, 1.165) is 17.7 Å². The number of hydrogen-bond acceptors (Lipinski definition) is 6. The van der Waals surface area contributed by atoms with E-state index in [2.05, 4.69) is 39.4 Å². The molecule has 0 spiro atoms. The summed E-state index contributed by atoms with van der Waals surface area (Å²) in [5, 5.41) is 17.0. The zero-order chi connectivity index (χ0) is 18.5. The summed E-state index contributed by atoms with van der Waals surface area (Å²) in [6.07, 6.45) is 4.38. The third-order valence-corrected chi connectivity index (χ3v) is 4.15. The van der Waals surface area contributed by atoms with E-state index in [-0.39, 0.29) is 11.8 Å². The van der Waals surface area contributed by atoms with Gasteiger partial charge in [0.15, 0.2) is 0 Å². The lowest BCUT2D eigenvalue weighted by Gasteiger charge is -2.15. The van der Waals surface area contributed by atoms with E-state index in [4.69, 9.17) is 11.6 Å². The topological polar surface area (TPSA) is 83.0 Å². The molecule has 0 aliphatic carbocycles. The number of aromatic hydroxyl groups is 1. The number of hydrogen-bond donors (Lipinski definition) is 3. The molecule has 134 valence electrons. The van der Waals surface area contributed by atoms with Crippen molar-refractivity contribution in [2.75, 3.05) is 10.6 Å². The molecule has 2 aromatic heterocycles. The normalized spacial score (nSPS) is 11.8. The molecule has 0 fully saturated rings. The lowest BCUT2D eigenvalue weighted by Crippen LogP contribution is -2.16. The number of aromatic nitrogens is 3. The molecule has 1 aromatic carbocycles. The Labute approximate surface area is 157 Å². The minimum Gasteiger partial charge on any atom is -0.506 e. The molecule has 6 nitrogen and oxygen atoms in total. The number of benzene rings is 1. The lowest BCUT2D eigenvalue weighted by atomic mass is 10.2. The Hall–Kier alpha value is -2.86. The summed E-state index contributed by atoms with van der Waals surface area (Å²) in [5.41, 5.74) is 2.15. The SMILES string of the molecule is CC[C@H](C)Nc1nc(Nc2cc(Cl)ccc2O)cc(-c2ccncc2)n1. The van der Waals surface area contributed by atoms with Crippen molar-refractivity contribution >= 4 is 29.1 Å². The highest BCUT2D eigenvalue weighted by Gasteiger charge is 2.10. The number of phenols is 1. The second-order valence-electron chi connectivity index (χ2n) is 5.94. The minimum atomic E-state index is 0.0925. The van der Waals surface area contributed by atoms with Gasteiger partial charge in [0.25, 0.3) is 0 Å². The number of anilines is 3. The van der Waals surface area contributed by atoms with Gasteiger partial charge in [0, 0.05) is 35.1 Å². The van der Waals surface area contributed by atoms with Gasteiger partial charge in [0.1, 0.15) is 11.6 Å². The van der Waals surface area contributed by atoms with Gasteiger partial charge in [-0.05, 0) is 43.7 Å². The second kappa shape index (κ2) is 8.01. The zero-order valence-electron chi connectivity index (χ0n) is 14.6. The Morgan fingerprint density at radius 3 is 2.62 bits per heavy atom. The summed E-state index contributed by atoms with van der Waals surface area (Å²) < 4.78 is 0. The van der Waals surface area contributed by atoms with E-state index < -0.39 is 0 Å². The summed E-state index contributed by atoms with van der Waals surface area (Å²) in [5.74, 6) is 1.16. The van der Waals surface area contributed by atoms with E-state index in [0.29, 0.717) is 22.5 Å². The average molecular weight is 370 g/mol. The smallest absolute Gasteiger partial charge is 0.225 e. The molecular formula is C19H20ClN5O. The highest BCUT2D eigenvalue weighted by Crippen LogP contribution is 2.30. The molecule has 0 saturated carbocycles. The molecule has 0 aliphatic rings. The van der Waals surface area contributed by atoms with Crippen LogP contribution in [-0.4, -0.2) is 26.1 Å². The molecule has 26 heavy (non-hydrogen) atoms. The summed E-state index contributed by atoms with van der Waals surface area (Å²) >= 11 is 6.03. The van der Waals surface area contributed by atoms with Crippen molar-refractivity contribution in [2.45, 2.75) is 26.3 Å². The standard InChI is InChI=1S/C19H20ClN5O/c1-3-12(2)22-19-24-15(13-6-8-21-9-7-13)11-18(25-19)23-16-10-14(20)4-5-17(16)26/h4-12,26H,3H2,1-2H3,(H2,22,23,24,25)/t12-/m0/s1. The molecule has 1 atom stereocenters. The third-order valence-electron chi connectivity index (χ3n) is 3.91. The maximum atomic E-state index is 10.0. The van der Waals surface area contributed by atoms with Crippen LogP contribution in [0, 0.1) is 0 Å². The molecule has 0 amide bonds. The van der Waals surface area contributed by atoms with E-state index in [1.54, 1.807) is 24.5 Å². The average Bonchev–Trinajstić information content (AvgIpc) is 2.65. The first-order chi connectivity index (χ1) is 12.5. The highest BCUT2D eigenvalue weighted by atomic mass is 35.5. The van der Waals surface area contributed by atoms with Gasteiger partial charge in [-0.1, -0.05) is 18.5 Å². The van der Waals surface area contributed by atoms with Crippen LogP contribution in [0.3, 0.4) is 0 Å². The van der Waals surface area contributed by atoms with Gasteiger partial charge in [-0.3, -0.25) is 4.98 Å². The lowest BCUT2D eigenvalue weighted by molar-refractivity contribution is 0.477.